The van der Waals surface area contributed by atoms with Crippen molar-refractivity contribution >= 4 is 17.7 Å². The van der Waals surface area contributed by atoms with Crippen LogP contribution in [0.25, 0.3) is 0 Å². The molecule has 1 aliphatic rings. The van der Waals surface area contributed by atoms with Crippen molar-refractivity contribution < 1.29 is 23.9 Å². The molecular formula is C11H17NO5. The summed E-state index contributed by atoms with van der Waals surface area (Å²) >= 11 is 0. The number of ether oxygens (including phenoxy) is 2. The van der Waals surface area contributed by atoms with E-state index in [0.29, 0.717) is 32.6 Å². The summed E-state index contributed by atoms with van der Waals surface area (Å²) in [5.41, 5.74) is 0. The Bertz CT molecular complexity index is 315. The smallest absolute Gasteiger partial charge is 0.328 e. The van der Waals surface area contributed by atoms with E-state index >= 15 is 0 Å². The molecule has 0 unspecified atom stereocenters. The molecule has 0 spiro atoms. The number of esters is 1. The van der Waals surface area contributed by atoms with E-state index in [1.807, 2.05) is 0 Å². The number of Topliss-reactive ketones (excluding diaryl/α,β-unsaturated/α-hetero) is 1. The Morgan fingerprint density at radius 2 is 2.00 bits per heavy atom. The lowest BCUT2D eigenvalue weighted by atomic mass is 10.1. The van der Waals surface area contributed by atoms with Crippen LogP contribution in [0.1, 0.15) is 19.8 Å². The lowest BCUT2D eigenvalue weighted by molar-refractivity contribution is -0.157. The third-order valence-corrected chi connectivity index (χ3v) is 2.63. The minimum atomic E-state index is -0.725. The minimum Gasteiger partial charge on any atom is -0.467 e. The summed E-state index contributed by atoms with van der Waals surface area (Å²) in [4.78, 5) is 35.7. The summed E-state index contributed by atoms with van der Waals surface area (Å²) in [5, 5.41) is 0. The highest BCUT2D eigenvalue weighted by Gasteiger charge is 2.32. The van der Waals surface area contributed by atoms with Gasteiger partial charge in [-0.1, -0.05) is 0 Å². The fourth-order valence-electron chi connectivity index (χ4n) is 1.77. The van der Waals surface area contributed by atoms with Crippen molar-refractivity contribution in [1.82, 2.24) is 4.90 Å². The van der Waals surface area contributed by atoms with E-state index in [1.54, 1.807) is 0 Å². The number of hydrogen-bond acceptors (Lipinski definition) is 5. The maximum atomic E-state index is 11.7. The van der Waals surface area contributed by atoms with Gasteiger partial charge in [0, 0.05) is 33.1 Å². The van der Waals surface area contributed by atoms with E-state index in [0.717, 1.165) is 0 Å². The number of nitrogens with zero attached hydrogens (tertiary/aromatic N) is 1. The Morgan fingerprint density at radius 3 is 2.59 bits per heavy atom. The van der Waals surface area contributed by atoms with Gasteiger partial charge in [0.15, 0.2) is 0 Å². The molecule has 1 atom stereocenters. The van der Waals surface area contributed by atoms with Gasteiger partial charge in [0.05, 0.1) is 7.11 Å². The largest absolute Gasteiger partial charge is 0.467 e. The van der Waals surface area contributed by atoms with Gasteiger partial charge in [0.25, 0.3) is 5.91 Å². The molecule has 1 fully saturated rings. The molecule has 1 saturated heterocycles. The third-order valence-electron chi connectivity index (χ3n) is 2.63. The van der Waals surface area contributed by atoms with Crippen LogP contribution in [0.2, 0.25) is 0 Å². The summed E-state index contributed by atoms with van der Waals surface area (Å²) in [6.45, 7) is 2.43. The first kappa shape index (κ1) is 13.6. The van der Waals surface area contributed by atoms with Crippen LogP contribution < -0.4 is 0 Å². The van der Waals surface area contributed by atoms with E-state index in [9.17, 15) is 14.4 Å². The zero-order valence-corrected chi connectivity index (χ0v) is 10.1. The molecule has 96 valence electrons. The summed E-state index contributed by atoms with van der Waals surface area (Å²) in [6, 6.07) is -0.725. The second-order valence-corrected chi connectivity index (χ2v) is 3.85. The molecule has 0 aromatic carbocycles. The topological polar surface area (TPSA) is 72.9 Å². The molecule has 0 N–H and O–H groups in total. The zero-order chi connectivity index (χ0) is 12.8. The van der Waals surface area contributed by atoms with Crippen molar-refractivity contribution in [3.8, 4) is 0 Å². The number of hydrogen-bond donors (Lipinski definition) is 0. The Morgan fingerprint density at radius 1 is 1.29 bits per heavy atom. The number of carbonyl (C=O) groups excluding carboxylic acids is 3. The Kier molecular flexibility index (Phi) is 5.09. The fraction of sp³-hybridized carbons (Fsp3) is 0.727. The zero-order valence-electron chi connectivity index (χ0n) is 10.1. The fourth-order valence-corrected chi connectivity index (χ4v) is 1.77. The second-order valence-electron chi connectivity index (χ2n) is 3.85. The lowest BCUT2D eigenvalue weighted by Gasteiger charge is -2.30. The third kappa shape index (κ3) is 3.52. The van der Waals surface area contributed by atoms with E-state index in [2.05, 4.69) is 4.74 Å². The molecule has 0 saturated carbocycles. The number of methoxy groups -OCH3 is 1. The molecule has 6 heteroatoms. The first-order chi connectivity index (χ1) is 8.07. The van der Waals surface area contributed by atoms with Crippen molar-refractivity contribution in [1.29, 1.82) is 0 Å². The van der Waals surface area contributed by atoms with E-state index in [1.165, 1.54) is 18.9 Å². The molecule has 17 heavy (non-hydrogen) atoms. The average Bonchev–Trinajstić information content (AvgIpc) is 2.27. The molecule has 1 amide bonds. The predicted octanol–water partition coefficient (Wildman–Crippen LogP) is -0.244. The number of amides is 1. The van der Waals surface area contributed by atoms with Gasteiger partial charge < -0.3 is 14.4 Å². The monoisotopic (exact) mass is 243 g/mol. The summed E-state index contributed by atoms with van der Waals surface area (Å²) < 4.78 is 9.90. The highest BCUT2D eigenvalue weighted by Crippen LogP contribution is 2.12. The van der Waals surface area contributed by atoms with Crippen LogP contribution >= 0.6 is 0 Å². The van der Waals surface area contributed by atoms with Crippen molar-refractivity contribution in [2.45, 2.75) is 25.8 Å². The molecule has 6 nitrogen and oxygen atoms in total. The first-order valence-corrected chi connectivity index (χ1v) is 5.55. The summed E-state index contributed by atoms with van der Waals surface area (Å²) in [5.74, 6) is -1.72. The van der Waals surface area contributed by atoms with Gasteiger partial charge in [-0.3, -0.25) is 9.59 Å². The van der Waals surface area contributed by atoms with E-state index < -0.39 is 23.7 Å². The highest BCUT2D eigenvalue weighted by molar-refractivity contribution is 6.35. The predicted molar refractivity (Wildman–Crippen MR) is 58.3 cm³/mol. The Hall–Kier alpha value is -1.43. The van der Waals surface area contributed by atoms with Crippen LogP contribution in [0, 0.1) is 0 Å². The van der Waals surface area contributed by atoms with E-state index in [4.69, 9.17) is 4.74 Å². The summed E-state index contributed by atoms with van der Waals surface area (Å²) in [7, 11) is 1.26. The molecule has 1 heterocycles. The molecule has 1 aliphatic heterocycles. The quantitative estimate of drug-likeness (QED) is 0.494. The van der Waals surface area contributed by atoms with Crippen LogP contribution in [-0.4, -0.2) is 55.5 Å². The maximum absolute atomic E-state index is 11.7. The van der Waals surface area contributed by atoms with Crippen LogP contribution in [0.3, 0.4) is 0 Å². The number of carbonyl (C=O) groups is 3. The van der Waals surface area contributed by atoms with Gasteiger partial charge in [0.2, 0.25) is 5.78 Å². The van der Waals surface area contributed by atoms with Crippen molar-refractivity contribution in [2.24, 2.45) is 0 Å². The van der Waals surface area contributed by atoms with Crippen LogP contribution in [0.15, 0.2) is 0 Å². The molecule has 0 aromatic heterocycles. The molecule has 0 radical (unpaired) electrons. The normalized spacial score (nSPS) is 21.3. The maximum Gasteiger partial charge on any atom is 0.328 e. The molecule has 1 rings (SSSR count). The van der Waals surface area contributed by atoms with Gasteiger partial charge in [-0.2, -0.15) is 0 Å². The average molecular weight is 243 g/mol. The van der Waals surface area contributed by atoms with Crippen molar-refractivity contribution in [3.63, 3.8) is 0 Å². The molecule has 0 aromatic rings. The van der Waals surface area contributed by atoms with Gasteiger partial charge in [0.1, 0.15) is 6.04 Å². The Labute approximate surface area is 99.9 Å². The van der Waals surface area contributed by atoms with Crippen molar-refractivity contribution in [2.75, 3.05) is 26.9 Å². The van der Waals surface area contributed by atoms with E-state index in [-0.39, 0.29) is 0 Å². The first-order valence-electron chi connectivity index (χ1n) is 5.55. The number of ketones is 1. The molecular weight excluding hydrogens is 226 g/mol. The second kappa shape index (κ2) is 6.34. The van der Waals surface area contributed by atoms with Gasteiger partial charge in [-0.25, -0.2) is 4.79 Å². The molecule has 0 bridgehead atoms. The van der Waals surface area contributed by atoms with Crippen LogP contribution in [-0.2, 0) is 23.9 Å². The van der Waals surface area contributed by atoms with Gasteiger partial charge in [-0.15, -0.1) is 0 Å². The van der Waals surface area contributed by atoms with Gasteiger partial charge >= 0.3 is 5.97 Å². The van der Waals surface area contributed by atoms with Gasteiger partial charge in [-0.05, 0) is 6.42 Å². The highest BCUT2D eigenvalue weighted by atomic mass is 16.5. The van der Waals surface area contributed by atoms with Crippen LogP contribution in [0.5, 0.6) is 0 Å². The standard InChI is InChI=1S/C11H17NO5/c1-8(13)10(14)12-5-3-6-17-7-4-9(12)11(15)16-2/h9H,3-7H2,1-2H3/t9-/m0/s1. The summed E-state index contributed by atoms with van der Waals surface area (Å²) in [6.07, 6.45) is 0.957. The molecule has 0 aliphatic carbocycles. The Balaban J connectivity index is 2.85. The van der Waals surface area contributed by atoms with Crippen molar-refractivity contribution in [3.05, 3.63) is 0 Å². The number of rotatable bonds is 2. The lowest BCUT2D eigenvalue weighted by Crippen LogP contribution is -2.49. The van der Waals surface area contributed by atoms with Crippen LogP contribution in [0.4, 0.5) is 0 Å². The SMILES string of the molecule is COC(=O)[C@@H]1CCOCCCN1C(=O)C(C)=O. The minimum absolute atomic E-state index is 0.332.